The molecule has 10 heteroatoms. The van der Waals surface area contributed by atoms with E-state index in [2.05, 4.69) is 6.58 Å². The summed E-state index contributed by atoms with van der Waals surface area (Å²) in [5, 5.41) is 10.6. The molecule has 0 aliphatic carbocycles. The van der Waals surface area contributed by atoms with E-state index in [1.165, 1.54) is 19.2 Å². The van der Waals surface area contributed by atoms with Gasteiger partial charge in [-0.1, -0.05) is 41.5 Å². The molecule has 2 aromatic rings. The molecule has 5 atom stereocenters. The number of methoxy groups -OCH3 is 1. The molecule has 1 N–H and O–H groups in total. The molecule has 0 saturated carbocycles. The van der Waals surface area contributed by atoms with Crippen LogP contribution in [-0.2, 0) is 33.6 Å². The van der Waals surface area contributed by atoms with Crippen molar-refractivity contribution in [2.75, 3.05) is 19.5 Å². The first kappa shape index (κ1) is 28.5. The van der Waals surface area contributed by atoms with Crippen molar-refractivity contribution in [3.05, 3.63) is 72.3 Å². The number of aliphatic hydroxyl groups excluding tert-OH is 1. The highest BCUT2D eigenvalue weighted by Crippen LogP contribution is 2.36. The lowest BCUT2D eigenvalue weighted by atomic mass is 9.94. The lowest BCUT2D eigenvalue weighted by molar-refractivity contribution is -0.0371. The molecule has 8 nitrogen and oxygen atoms in total. The van der Waals surface area contributed by atoms with Gasteiger partial charge in [0.25, 0.3) is 10.1 Å². The van der Waals surface area contributed by atoms with Crippen LogP contribution >= 0.6 is 0 Å². The van der Waals surface area contributed by atoms with Gasteiger partial charge in [-0.3, -0.25) is 4.18 Å². The number of hydrogen-bond acceptors (Lipinski definition) is 8. The van der Waals surface area contributed by atoms with Gasteiger partial charge >= 0.3 is 0 Å². The first-order chi connectivity index (χ1) is 17.0. The third kappa shape index (κ3) is 7.02. The summed E-state index contributed by atoms with van der Waals surface area (Å²) in [4.78, 5) is 0.220. The summed E-state index contributed by atoms with van der Waals surface area (Å²) in [5.74, 6) is -0.702. The van der Waals surface area contributed by atoms with Gasteiger partial charge < -0.3 is 14.6 Å². The largest absolute Gasteiger partial charge is 0.391 e. The Hall–Kier alpha value is -2.08. The van der Waals surface area contributed by atoms with Crippen LogP contribution in [0.25, 0.3) is 0 Å². The minimum absolute atomic E-state index is 0.000363. The molecule has 0 amide bonds. The Kier molecular flexibility index (Phi) is 9.48. The summed E-state index contributed by atoms with van der Waals surface area (Å²) in [6, 6.07) is 12.9. The Morgan fingerprint density at radius 1 is 0.972 bits per heavy atom. The quantitative estimate of drug-likeness (QED) is 0.324. The fraction of sp³-hybridized carbons (Fsp3) is 0.462. The Morgan fingerprint density at radius 3 is 2.06 bits per heavy atom. The minimum Gasteiger partial charge on any atom is -0.391 e. The molecule has 36 heavy (non-hydrogen) atoms. The van der Waals surface area contributed by atoms with Gasteiger partial charge in [-0.15, -0.1) is 6.58 Å². The molecular weight excluding hydrogens is 504 g/mol. The predicted octanol–water partition coefficient (Wildman–Crippen LogP) is 3.21. The molecule has 0 aromatic heterocycles. The van der Waals surface area contributed by atoms with Gasteiger partial charge in [0.15, 0.2) is 9.84 Å². The second-order valence-corrected chi connectivity index (χ2v) is 12.8. The first-order valence-electron chi connectivity index (χ1n) is 11.7. The molecule has 0 radical (unpaired) electrons. The molecule has 0 unspecified atom stereocenters. The standard InChI is InChI=1S/C26H34O8S2/c1-5-6-24-23(17-35(28,29)21-11-7-18(2)8-12-21)26(32-4)25(34-24)15-20(27)16-33-36(30,31)22-13-9-19(3)10-14-22/h5,7-14,20,23-27H,1,6,15-17H2,2-4H3/t20-,23-,24-,25+,26+/m0/s1. The molecule has 3 rings (SSSR count). The third-order valence-electron chi connectivity index (χ3n) is 6.31. The molecule has 0 bridgehead atoms. The summed E-state index contributed by atoms with van der Waals surface area (Å²) in [6.45, 7) is 7.00. The second-order valence-electron chi connectivity index (χ2n) is 9.14. The van der Waals surface area contributed by atoms with Gasteiger partial charge in [0.2, 0.25) is 0 Å². The van der Waals surface area contributed by atoms with Gasteiger partial charge in [0.05, 0.1) is 46.6 Å². The van der Waals surface area contributed by atoms with E-state index in [1.807, 2.05) is 13.8 Å². The van der Waals surface area contributed by atoms with Crippen molar-refractivity contribution in [1.82, 2.24) is 0 Å². The Morgan fingerprint density at radius 2 is 1.53 bits per heavy atom. The number of aryl methyl sites for hydroxylation is 2. The maximum atomic E-state index is 13.1. The van der Waals surface area contributed by atoms with Gasteiger partial charge in [0.1, 0.15) is 0 Å². The van der Waals surface area contributed by atoms with E-state index >= 15 is 0 Å². The van der Waals surface area contributed by atoms with E-state index in [9.17, 15) is 21.9 Å². The summed E-state index contributed by atoms with van der Waals surface area (Å²) in [5.41, 5.74) is 1.86. The average molecular weight is 539 g/mol. The molecule has 1 heterocycles. The van der Waals surface area contributed by atoms with Crippen LogP contribution < -0.4 is 0 Å². The molecule has 1 saturated heterocycles. The normalized spacial score (nSPS) is 23.4. The fourth-order valence-electron chi connectivity index (χ4n) is 4.38. The highest BCUT2D eigenvalue weighted by molar-refractivity contribution is 7.91. The van der Waals surface area contributed by atoms with Crippen molar-refractivity contribution in [1.29, 1.82) is 0 Å². The first-order valence-corrected chi connectivity index (χ1v) is 14.8. The van der Waals surface area contributed by atoms with E-state index in [0.717, 1.165) is 11.1 Å². The van der Waals surface area contributed by atoms with Crippen molar-refractivity contribution in [3.63, 3.8) is 0 Å². The summed E-state index contributed by atoms with van der Waals surface area (Å²) >= 11 is 0. The molecule has 0 spiro atoms. The van der Waals surface area contributed by atoms with Gasteiger partial charge in [-0.05, 0) is 44.5 Å². The molecule has 1 aliphatic heterocycles. The van der Waals surface area contributed by atoms with E-state index < -0.39 is 56.9 Å². The van der Waals surface area contributed by atoms with Gasteiger partial charge in [-0.25, -0.2) is 8.42 Å². The van der Waals surface area contributed by atoms with E-state index in [-0.39, 0.29) is 22.0 Å². The maximum Gasteiger partial charge on any atom is 0.297 e. The summed E-state index contributed by atoms with van der Waals surface area (Å²) < 4.78 is 68.0. The van der Waals surface area contributed by atoms with Crippen LogP contribution in [0.15, 0.2) is 71.0 Å². The van der Waals surface area contributed by atoms with Crippen molar-refractivity contribution in [2.24, 2.45) is 5.92 Å². The lowest BCUT2D eigenvalue weighted by Crippen LogP contribution is -2.36. The van der Waals surface area contributed by atoms with Crippen LogP contribution in [0.1, 0.15) is 24.0 Å². The van der Waals surface area contributed by atoms with Crippen LogP contribution in [0, 0.1) is 19.8 Å². The third-order valence-corrected chi connectivity index (χ3v) is 9.42. The highest BCUT2D eigenvalue weighted by Gasteiger charge is 2.46. The van der Waals surface area contributed by atoms with E-state index in [4.69, 9.17) is 13.7 Å². The summed E-state index contributed by atoms with van der Waals surface area (Å²) in [7, 11) is -6.20. The van der Waals surface area contributed by atoms with Crippen LogP contribution in [0.3, 0.4) is 0 Å². The Bertz CT molecular complexity index is 1220. The van der Waals surface area contributed by atoms with Gasteiger partial charge in [0, 0.05) is 19.4 Å². The highest BCUT2D eigenvalue weighted by atomic mass is 32.2. The van der Waals surface area contributed by atoms with E-state index in [1.54, 1.807) is 42.5 Å². The number of rotatable bonds is 12. The zero-order chi connectivity index (χ0) is 26.5. The molecule has 1 aliphatic rings. The van der Waals surface area contributed by atoms with Crippen LogP contribution in [0.2, 0.25) is 0 Å². The number of ether oxygens (including phenoxy) is 2. The zero-order valence-corrected chi connectivity index (χ0v) is 22.4. The van der Waals surface area contributed by atoms with Crippen LogP contribution in [0.4, 0.5) is 0 Å². The minimum atomic E-state index is -4.04. The maximum absolute atomic E-state index is 13.1. The smallest absolute Gasteiger partial charge is 0.297 e. The Balaban J connectivity index is 1.69. The Labute approximate surface area is 213 Å². The number of sulfone groups is 1. The number of hydrogen-bond donors (Lipinski definition) is 1. The van der Waals surface area contributed by atoms with Crippen molar-refractivity contribution >= 4 is 20.0 Å². The predicted molar refractivity (Wildman–Crippen MR) is 136 cm³/mol. The average Bonchev–Trinajstić information content (AvgIpc) is 3.13. The van der Waals surface area contributed by atoms with Crippen molar-refractivity contribution in [3.8, 4) is 0 Å². The van der Waals surface area contributed by atoms with Crippen LogP contribution in [0.5, 0.6) is 0 Å². The molecule has 198 valence electrons. The summed E-state index contributed by atoms with van der Waals surface area (Å²) in [6.07, 6.45) is -0.877. The SMILES string of the molecule is C=CC[C@@H]1O[C@H](C[C@H](O)COS(=O)(=O)c2ccc(C)cc2)[C@H](OC)[C@H]1CS(=O)(=O)c1ccc(C)cc1. The number of aliphatic hydroxyl groups is 1. The topological polar surface area (TPSA) is 116 Å². The van der Waals surface area contributed by atoms with Crippen molar-refractivity contribution < 1.29 is 35.6 Å². The lowest BCUT2D eigenvalue weighted by Gasteiger charge is -2.24. The molecule has 2 aromatic carbocycles. The monoisotopic (exact) mass is 538 g/mol. The van der Waals surface area contributed by atoms with Crippen LogP contribution in [-0.4, -0.2) is 65.8 Å². The zero-order valence-electron chi connectivity index (χ0n) is 20.7. The number of benzene rings is 2. The van der Waals surface area contributed by atoms with Gasteiger partial charge in [-0.2, -0.15) is 8.42 Å². The second kappa shape index (κ2) is 12.0. The van der Waals surface area contributed by atoms with Crippen molar-refractivity contribution in [2.45, 2.75) is 60.9 Å². The molecule has 1 fully saturated rings. The fourth-order valence-corrected chi connectivity index (χ4v) is 6.97. The molecular formula is C26H34O8S2. The van der Waals surface area contributed by atoms with E-state index in [0.29, 0.717) is 6.42 Å².